The maximum absolute atomic E-state index is 12.0. The number of amides is 1. The third-order valence-corrected chi connectivity index (χ3v) is 3.24. The Morgan fingerprint density at radius 1 is 1.30 bits per heavy atom. The van der Waals surface area contributed by atoms with Gasteiger partial charge in [-0.15, -0.1) is 0 Å². The maximum Gasteiger partial charge on any atom is 0.252 e. The van der Waals surface area contributed by atoms with E-state index in [4.69, 9.17) is 4.74 Å². The first-order valence-corrected chi connectivity index (χ1v) is 7.61. The SMILES string of the molecule is Cc1ccc(C(=O)NCC(O)c2cccc(OC(C)C)c2)cn1. The van der Waals surface area contributed by atoms with Crippen LogP contribution in [0.4, 0.5) is 0 Å². The number of ether oxygens (including phenoxy) is 1. The summed E-state index contributed by atoms with van der Waals surface area (Å²) in [6, 6.07) is 10.7. The highest BCUT2D eigenvalue weighted by atomic mass is 16.5. The molecule has 5 nitrogen and oxygen atoms in total. The van der Waals surface area contributed by atoms with Gasteiger partial charge in [0.15, 0.2) is 0 Å². The van der Waals surface area contributed by atoms with Crippen LogP contribution in [0.3, 0.4) is 0 Å². The van der Waals surface area contributed by atoms with Crippen molar-refractivity contribution in [3.8, 4) is 5.75 Å². The van der Waals surface area contributed by atoms with Crippen molar-refractivity contribution in [1.82, 2.24) is 10.3 Å². The van der Waals surface area contributed by atoms with E-state index in [0.29, 0.717) is 16.9 Å². The van der Waals surface area contributed by atoms with E-state index < -0.39 is 6.10 Å². The molecule has 0 aliphatic rings. The molecule has 122 valence electrons. The first-order chi connectivity index (χ1) is 11.0. The molecule has 1 atom stereocenters. The summed E-state index contributed by atoms with van der Waals surface area (Å²) >= 11 is 0. The molecule has 0 bridgehead atoms. The van der Waals surface area contributed by atoms with Crippen LogP contribution in [0, 0.1) is 6.92 Å². The Labute approximate surface area is 136 Å². The highest BCUT2D eigenvalue weighted by Crippen LogP contribution is 2.20. The van der Waals surface area contributed by atoms with Crippen molar-refractivity contribution in [3.63, 3.8) is 0 Å². The second kappa shape index (κ2) is 7.74. The van der Waals surface area contributed by atoms with Crippen molar-refractivity contribution in [3.05, 3.63) is 59.4 Å². The fourth-order valence-corrected chi connectivity index (χ4v) is 2.08. The van der Waals surface area contributed by atoms with Crippen molar-refractivity contribution < 1.29 is 14.6 Å². The Kier molecular flexibility index (Phi) is 5.71. The molecule has 1 amide bonds. The number of benzene rings is 1. The summed E-state index contributed by atoms with van der Waals surface area (Å²) in [7, 11) is 0. The lowest BCUT2D eigenvalue weighted by Crippen LogP contribution is -2.28. The Balaban J connectivity index is 1.95. The molecule has 2 rings (SSSR count). The summed E-state index contributed by atoms with van der Waals surface area (Å²) in [4.78, 5) is 16.1. The van der Waals surface area contributed by atoms with E-state index in [1.165, 1.54) is 6.20 Å². The lowest BCUT2D eigenvalue weighted by Gasteiger charge is -2.15. The van der Waals surface area contributed by atoms with E-state index in [2.05, 4.69) is 10.3 Å². The molecule has 0 radical (unpaired) electrons. The molecule has 23 heavy (non-hydrogen) atoms. The van der Waals surface area contributed by atoms with Crippen LogP contribution in [0.25, 0.3) is 0 Å². The molecule has 0 saturated heterocycles. The number of hydrogen-bond acceptors (Lipinski definition) is 4. The first-order valence-electron chi connectivity index (χ1n) is 7.61. The molecule has 0 fully saturated rings. The number of aromatic nitrogens is 1. The second-order valence-corrected chi connectivity index (χ2v) is 5.65. The van der Waals surface area contributed by atoms with Crippen molar-refractivity contribution >= 4 is 5.91 Å². The van der Waals surface area contributed by atoms with E-state index in [1.54, 1.807) is 24.3 Å². The van der Waals surface area contributed by atoms with Gasteiger partial charge in [-0.05, 0) is 50.6 Å². The molecule has 0 spiro atoms. The topological polar surface area (TPSA) is 71.5 Å². The van der Waals surface area contributed by atoms with Gasteiger partial charge in [0.2, 0.25) is 0 Å². The molecule has 2 aromatic rings. The van der Waals surface area contributed by atoms with Crippen molar-refractivity contribution in [2.24, 2.45) is 0 Å². The zero-order chi connectivity index (χ0) is 16.8. The fourth-order valence-electron chi connectivity index (χ4n) is 2.08. The van der Waals surface area contributed by atoms with Crippen LogP contribution in [0.1, 0.15) is 41.6 Å². The van der Waals surface area contributed by atoms with Crippen molar-refractivity contribution in [2.45, 2.75) is 33.0 Å². The van der Waals surface area contributed by atoms with Gasteiger partial charge in [0.25, 0.3) is 5.91 Å². The van der Waals surface area contributed by atoms with Gasteiger partial charge in [-0.2, -0.15) is 0 Å². The molecule has 5 heteroatoms. The van der Waals surface area contributed by atoms with Gasteiger partial charge in [-0.25, -0.2) is 0 Å². The van der Waals surface area contributed by atoms with Crippen molar-refractivity contribution in [1.29, 1.82) is 0 Å². The third kappa shape index (κ3) is 5.07. The molecule has 1 unspecified atom stereocenters. The highest BCUT2D eigenvalue weighted by molar-refractivity contribution is 5.93. The van der Waals surface area contributed by atoms with Crippen LogP contribution in [-0.2, 0) is 0 Å². The number of aryl methyl sites for hydroxylation is 1. The Morgan fingerprint density at radius 3 is 2.74 bits per heavy atom. The summed E-state index contributed by atoms with van der Waals surface area (Å²) in [5.74, 6) is 0.441. The normalized spacial score (nSPS) is 12.0. The van der Waals surface area contributed by atoms with Gasteiger partial charge in [0, 0.05) is 18.4 Å². The quantitative estimate of drug-likeness (QED) is 0.860. The predicted octanol–water partition coefficient (Wildman–Crippen LogP) is 2.64. The van der Waals surface area contributed by atoms with E-state index in [0.717, 1.165) is 5.69 Å². The molecular formula is C18H22N2O3. The lowest BCUT2D eigenvalue weighted by atomic mass is 10.1. The number of aliphatic hydroxyl groups is 1. The number of rotatable bonds is 6. The standard InChI is InChI=1S/C18H22N2O3/c1-12(2)23-16-6-4-5-14(9-16)17(21)11-20-18(22)15-8-7-13(3)19-10-15/h4-10,12,17,21H,11H2,1-3H3,(H,20,22). The van der Waals surface area contributed by atoms with Crippen LogP contribution >= 0.6 is 0 Å². The van der Waals surface area contributed by atoms with Crippen LogP contribution in [-0.4, -0.2) is 28.6 Å². The third-order valence-electron chi connectivity index (χ3n) is 3.24. The van der Waals surface area contributed by atoms with Gasteiger partial charge in [-0.1, -0.05) is 12.1 Å². The van der Waals surface area contributed by atoms with Crippen LogP contribution < -0.4 is 10.1 Å². The number of nitrogens with one attached hydrogen (secondary N) is 1. The molecular weight excluding hydrogens is 292 g/mol. The summed E-state index contributed by atoms with van der Waals surface area (Å²) in [6.07, 6.45) is 0.790. The molecule has 1 aromatic heterocycles. The average molecular weight is 314 g/mol. The first kappa shape index (κ1) is 17.0. The lowest BCUT2D eigenvalue weighted by molar-refractivity contribution is 0.0916. The summed E-state index contributed by atoms with van der Waals surface area (Å²) < 4.78 is 5.60. The number of aliphatic hydroxyl groups excluding tert-OH is 1. The van der Waals surface area contributed by atoms with Gasteiger partial charge < -0.3 is 15.2 Å². The smallest absolute Gasteiger partial charge is 0.252 e. The largest absolute Gasteiger partial charge is 0.491 e. The minimum atomic E-state index is -0.798. The molecule has 0 aliphatic heterocycles. The second-order valence-electron chi connectivity index (χ2n) is 5.65. The fraction of sp³-hybridized carbons (Fsp3) is 0.333. The van der Waals surface area contributed by atoms with Gasteiger partial charge in [0.1, 0.15) is 5.75 Å². The predicted molar refractivity (Wildman–Crippen MR) is 88.5 cm³/mol. The number of carbonyl (C=O) groups excluding carboxylic acids is 1. The molecule has 1 aromatic carbocycles. The number of hydrogen-bond donors (Lipinski definition) is 2. The molecule has 0 saturated carbocycles. The highest BCUT2D eigenvalue weighted by Gasteiger charge is 2.12. The van der Waals surface area contributed by atoms with Crippen LogP contribution in [0.5, 0.6) is 5.75 Å². The van der Waals surface area contributed by atoms with Crippen LogP contribution in [0.15, 0.2) is 42.6 Å². The number of nitrogens with zero attached hydrogens (tertiary/aromatic N) is 1. The van der Waals surface area contributed by atoms with Gasteiger partial charge >= 0.3 is 0 Å². The van der Waals surface area contributed by atoms with E-state index >= 15 is 0 Å². The zero-order valence-corrected chi connectivity index (χ0v) is 13.6. The Hall–Kier alpha value is -2.40. The summed E-state index contributed by atoms with van der Waals surface area (Å²) in [5.41, 5.74) is 2.02. The Bertz CT molecular complexity index is 654. The number of pyridine rings is 1. The Morgan fingerprint density at radius 2 is 2.09 bits per heavy atom. The maximum atomic E-state index is 12.0. The van der Waals surface area contributed by atoms with Crippen molar-refractivity contribution in [2.75, 3.05) is 6.54 Å². The minimum Gasteiger partial charge on any atom is -0.491 e. The molecule has 0 aliphatic carbocycles. The van der Waals surface area contributed by atoms with E-state index in [-0.39, 0.29) is 18.6 Å². The summed E-state index contributed by atoms with van der Waals surface area (Å²) in [5, 5.41) is 12.9. The monoisotopic (exact) mass is 314 g/mol. The number of carbonyl (C=O) groups is 1. The molecule has 2 N–H and O–H groups in total. The zero-order valence-electron chi connectivity index (χ0n) is 13.6. The van der Waals surface area contributed by atoms with E-state index in [1.807, 2.05) is 32.9 Å². The van der Waals surface area contributed by atoms with Gasteiger partial charge in [-0.3, -0.25) is 9.78 Å². The van der Waals surface area contributed by atoms with Gasteiger partial charge in [0.05, 0.1) is 17.8 Å². The summed E-state index contributed by atoms with van der Waals surface area (Å²) in [6.45, 7) is 5.87. The molecule has 1 heterocycles. The minimum absolute atomic E-state index is 0.0659. The average Bonchev–Trinajstić information content (AvgIpc) is 2.52. The van der Waals surface area contributed by atoms with Crippen LogP contribution in [0.2, 0.25) is 0 Å². The van der Waals surface area contributed by atoms with E-state index in [9.17, 15) is 9.90 Å².